The maximum Gasteiger partial charge on any atom is 0.408 e. The van der Waals surface area contributed by atoms with Crippen molar-refractivity contribution in [3.8, 4) is 0 Å². The Kier molecular flexibility index (Phi) is 7.02. The molecule has 2 amide bonds. The Balaban J connectivity index is 1.50. The summed E-state index contributed by atoms with van der Waals surface area (Å²) in [5.41, 5.74) is 9.98. The minimum atomic E-state index is -0.839. The van der Waals surface area contributed by atoms with Gasteiger partial charge in [-0.3, -0.25) is 4.79 Å². The summed E-state index contributed by atoms with van der Waals surface area (Å²) in [6.07, 6.45) is 1.50. The molecule has 168 valence electrons. The molecule has 7 nitrogen and oxygen atoms in total. The molecular formula is C26H26N4O3. The molecule has 0 bridgehead atoms. The lowest BCUT2D eigenvalue weighted by atomic mass is 10.0. The zero-order valence-corrected chi connectivity index (χ0v) is 18.1. The summed E-state index contributed by atoms with van der Waals surface area (Å²) in [6, 6.07) is 23.7. The lowest BCUT2D eigenvalue weighted by Crippen LogP contribution is -2.45. The van der Waals surface area contributed by atoms with E-state index in [1.165, 1.54) is 0 Å². The molecular weight excluding hydrogens is 416 g/mol. The lowest BCUT2D eigenvalue weighted by Gasteiger charge is -2.18. The van der Waals surface area contributed by atoms with E-state index in [1.807, 2.05) is 79.0 Å². The molecule has 0 saturated heterocycles. The number of rotatable bonds is 8. The van der Waals surface area contributed by atoms with E-state index in [0.717, 1.165) is 27.6 Å². The Morgan fingerprint density at radius 2 is 1.70 bits per heavy atom. The van der Waals surface area contributed by atoms with Crippen molar-refractivity contribution in [2.24, 2.45) is 5.73 Å². The number of carbonyl (C=O) groups is 2. The van der Waals surface area contributed by atoms with Crippen LogP contribution < -0.4 is 16.4 Å². The van der Waals surface area contributed by atoms with Gasteiger partial charge in [-0.1, -0.05) is 60.7 Å². The number of anilines is 1. The van der Waals surface area contributed by atoms with E-state index in [9.17, 15) is 9.59 Å². The van der Waals surface area contributed by atoms with Crippen LogP contribution in [0, 0.1) is 0 Å². The summed E-state index contributed by atoms with van der Waals surface area (Å²) in [7, 11) is 0. The van der Waals surface area contributed by atoms with Crippen molar-refractivity contribution in [2.45, 2.75) is 25.6 Å². The van der Waals surface area contributed by atoms with Gasteiger partial charge in [0.1, 0.15) is 12.6 Å². The van der Waals surface area contributed by atoms with E-state index in [4.69, 9.17) is 10.5 Å². The Bertz CT molecular complexity index is 1240. The number of amides is 2. The molecule has 0 radical (unpaired) electrons. The number of H-pyrrole nitrogens is 1. The van der Waals surface area contributed by atoms with Gasteiger partial charge in [0.2, 0.25) is 5.91 Å². The van der Waals surface area contributed by atoms with Gasteiger partial charge in [0.15, 0.2) is 0 Å². The predicted molar refractivity (Wildman–Crippen MR) is 129 cm³/mol. The number of alkyl carbamates (subject to hydrolysis) is 1. The molecule has 1 heterocycles. The largest absolute Gasteiger partial charge is 0.445 e. The van der Waals surface area contributed by atoms with Crippen LogP contribution in [0.15, 0.2) is 85.1 Å². The lowest BCUT2D eigenvalue weighted by molar-refractivity contribution is -0.118. The fourth-order valence-electron chi connectivity index (χ4n) is 3.64. The van der Waals surface area contributed by atoms with Crippen molar-refractivity contribution >= 4 is 28.6 Å². The number of nitrogens with two attached hydrogens (primary N) is 1. The molecule has 3 aromatic carbocycles. The van der Waals surface area contributed by atoms with Crippen LogP contribution in [-0.4, -0.2) is 23.0 Å². The van der Waals surface area contributed by atoms with Crippen LogP contribution in [0.1, 0.15) is 16.7 Å². The van der Waals surface area contributed by atoms with Gasteiger partial charge < -0.3 is 26.1 Å². The summed E-state index contributed by atoms with van der Waals surface area (Å²) in [6.45, 7) is 0.485. The van der Waals surface area contributed by atoms with E-state index < -0.39 is 12.1 Å². The number of aromatic amines is 1. The third-order valence-electron chi connectivity index (χ3n) is 5.35. The zero-order valence-electron chi connectivity index (χ0n) is 18.1. The van der Waals surface area contributed by atoms with Crippen LogP contribution in [0.4, 0.5) is 10.5 Å². The second-order valence-corrected chi connectivity index (χ2v) is 7.72. The van der Waals surface area contributed by atoms with Gasteiger partial charge in [0, 0.05) is 35.8 Å². The first kappa shape index (κ1) is 22.1. The van der Waals surface area contributed by atoms with E-state index in [1.54, 1.807) is 6.07 Å². The minimum Gasteiger partial charge on any atom is -0.445 e. The van der Waals surface area contributed by atoms with Gasteiger partial charge in [-0.2, -0.15) is 0 Å². The number of para-hydroxylation sites is 1. The van der Waals surface area contributed by atoms with Gasteiger partial charge >= 0.3 is 6.09 Å². The molecule has 0 spiro atoms. The van der Waals surface area contributed by atoms with E-state index in [0.29, 0.717) is 18.7 Å². The van der Waals surface area contributed by atoms with Crippen molar-refractivity contribution < 1.29 is 14.3 Å². The average molecular weight is 443 g/mol. The van der Waals surface area contributed by atoms with E-state index >= 15 is 0 Å². The molecule has 0 unspecified atom stereocenters. The number of hydrogen-bond acceptors (Lipinski definition) is 4. The maximum atomic E-state index is 13.2. The summed E-state index contributed by atoms with van der Waals surface area (Å²) >= 11 is 0. The molecule has 0 aliphatic heterocycles. The quantitative estimate of drug-likeness (QED) is 0.329. The normalized spacial score (nSPS) is 11.7. The van der Waals surface area contributed by atoms with Crippen LogP contribution in [0.3, 0.4) is 0 Å². The number of hydrogen-bond donors (Lipinski definition) is 4. The van der Waals surface area contributed by atoms with E-state index in [2.05, 4.69) is 15.6 Å². The number of ether oxygens (including phenoxy) is 1. The highest BCUT2D eigenvalue weighted by molar-refractivity contribution is 5.97. The Morgan fingerprint density at radius 1 is 0.939 bits per heavy atom. The van der Waals surface area contributed by atoms with Crippen molar-refractivity contribution in [2.75, 3.05) is 5.32 Å². The minimum absolute atomic E-state index is 0.118. The van der Waals surface area contributed by atoms with E-state index in [-0.39, 0.29) is 12.5 Å². The summed E-state index contributed by atoms with van der Waals surface area (Å²) in [5, 5.41) is 6.61. The number of nitrogens with one attached hydrogen (secondary N) is 3. The number of carbonyl (C=O) groups excluding carboxylic acids is 2. The molecule has 1 atom stereocenters. The highest BCUT2D eigenvalue weighted by atomic mass is 16.5. The van der Waals surface area contributed by atoms with Crippen LogP contribution in [0.5, 0.6) is 0 Å². The monoisotopic (exact) mass is 442 g/mol. The Hall–Kier alpha value is -4.10. The maximum absolute atomic E-state index is 13.2. The molecule has 33 heavy (non-hydrogen) atoms. The molecule has 7 heteroatoms. The molecule has 5 N–H and O–H groups in total. The number of fused-ring (bicyclic) bond motifs is 1. The molecule has 4 aromatic rings. The van der Waals surface area contributed by atoms with Crippen LogP contribution in [0.25, 0.3) is 10.9 Å². The van der Waals surface area contributed by atoms with Crippen LogP contribution in [-0.2, 0) is 29.1 Å². The fourth-order valence-corrected chi connectivity index (χ4v) is 3.64. The van der Waals surface area contributed by atoms with Crippen molar-refractivity contribution in [1.29, 1.82) is 0 Å². The Labute approximate surface area is 192 Å². The van der Waals surface area contributed by atoms with Crippen LogP contribution >= 0.6 is 0 Å². The first-order valence-electron chi connectivity index (χ1n) is 10.7. The fraction of sp³-hybridized carbons (Fsp3) is 0.154. The van der Waals surface area contributed by atoms with Gasteiger partial charge in [-0.25, -0.2) is 4.79 Å². The molecule has 0 aliphatic rings. The molecule has 0 aliphatic carbocycles. The summed E-state index contributed by atoms with van der Waals surface area (Å²) in [5.74, 6) is -0.342. The van der Waals surface area contributed by atoms with Gasteiger partial charge in [-0.05, 0) is 34.9 Å². The Morgan fingerprint density at radius 3 is 2.52 bits per heavy atom. The second-order valence-electron chi connectivity index (χ2n) is 7.72. The number of benzene rings is 3. The number of aromatic nitrogens is 1. The third-order valence-corrected chi connectivity index (χ3v) is 5.35. The second kappa shape index (κ2) is 10.5. The van der Waals surface area contributed by atoms with Crippen molar-refractivity contribution in [3.63, 3.8) is 0 Å². The average Bonchev–Trinajstić information content (AvgIpc) is 3.26. The summed E-state index contributed by atoms with van der Waals surface area (Å²) in [4.78, 5) is 28.9. The summed E-state index contributed by atoms with van der Waals surface area (Å²) < 4.78 is 5.35. The highest BCUT2D eigenvalue weighted by Crippen LogP contribution is 2.20. The standard InChI is InChI=1S/C26H26N4O3/c27-15-19-9-6-10-21(13-19)29-25(31)24(14-20-16-28-23-12-5-4-11-22(20)23)30-26(32)33-17-18-7-2-1-3-8-18/h1-13,16,24,28H,14-15,17,27H2,(H,29,31)(H,30,32)/t24-/m1/s1. The first-order valence-corrected chi connectivity index (χ1v) is 10.7. The van der Waals surface area contributed by atoms with Gasteiger partial charge in [0.05, 0.1) is 0 Å². The molecule has 1 aromatic heterocycles. The predicted octanol–water partition coefficient (Wildman–Crippen LogP) is 4.10. The van der Waals surface area contributed by atoms with Crippen LogP contribution in [0.2, 0.25) is 0 Å². The zero-order chi connectivity index (χ0) is 23.0. The molecule has 0 fully saturated rings. The molecule has 4 rings (SSSR count). The third kappa shape index (κ3) is 5.78. The SMILES string of the molecule is NCc1cccc(NC(=O)[C@@H](Cc2c[nH]c3ccccc23)NC(=O)OCc2ccccc2)c1. The highest BCUT2D eigenvalue weighted by Gasteiger charge is 2.23. The molecule has 0 saturated carbocycles. The topological polar surface area (TPSA) is 109 Å². The van der Waals surface area contributed by atoms with Crippen molar-refractivity contribution in [3.05, 3.63) is 102 Å². The van der Waals surface area contributed by atoms with Gasteiger partial charge in [-0.15, -0.1) is 0 Å². The smallest absolute Gasteiger partial charge is 0.408 e. The first-order chi connectivity index (χ1) is 16.1. The van der Waals surface area contributed by atoms with Crippen molar-refractivity contribution in [1.82, 2.24) is 10.3 Å². The van der Waals surface area contributed by atoms with Gasteiger partial charge in [0.25, 0.3) is 0 Å².